The summed E-state index contributed by atoms with van der Waals surface area (Å²) in [6.07, 6.45) is 9.01. The lowest BCUT2D eigenvalue weighted by Crippen LogP contribution is -2.27. The largest absolute Gasteiger partial charge is 0.359 e. The van der Waals surface area contributed by atoms with Crippen molar-refractivity contribution in [1.82, 2.24) is 10.3 Å². The fourth-order valence-electron chi connectivity index (χ4n) is 2.90. The second-order valence-electron chi connectivity index (χ2n) is 5.84. The molecule has 1 aromatic heterocycles. The first kappa shape index (κ1) is 14.3. The summed E-state index contributed by atoms with van der Waals surface area (Å²) in [5.41, 5.74) is 1.25. The van der Waals surface area contributed by atoms with Crippen molar-refractivity contribution in [2.24, 2.45) is 5.92 Å². The second kappa shape index (κ2) is 6.90. The van der Waals surface area contributed by atoms with Gasteiger partial charge in [-0.3, -0.25) is 0 Å². The van der Waals surface area contributed by atoms with E-state index in [4.69, 9.17) is 0 Å². The standard InChI is InChI=1S/C16H27N3/c1-13(17-2)15-9-10-16(18-11-15)19(3)12-14-7-5-4-6-8-14/h9-11,13-14,17H,4-8,12H2,1-3H3. The van der Waals surface area contributed by atoms with Crippen LogP contribution in [0.25, 0.3) is 0 Å². The third-order valence-corrected chi connectivity index (χ3v) is 4.35. The van der Waals surface area contributed by atoms with Crippen LogP contribution in [0.2, 0.25) is 0 Å². The van der Waals surface area contributed by atoms with Crippen LogP contribution in [0.15, 0.2) is 18.3 Å². The quantitative estimate of drug-likeness (QED) is 0.880. The first-order valence-corrected chi connectivity index (χ1v) is 7.55. The number of nitrogens with zero attached hydrogens (tertiary/aromatic N) is 2. The number of hydrogen-bond acceptors (Lipinski definition) is 3. The average molecular weight is 261 g/mol. The molecule has 19 heavy (non-hydrogen) atoms. The fraction of sp³-hybridized carbons (Fsp3) is 0.688. The first-order valence-electron chi connectivity index (χ1n) is 7.55. The molecule has 1 N–H and O–H groups in total. The molecule has 1 unspecified atom stereocenters. The number of pyridine rings is 1. The Morgan fingerprint density at radius 3 is 2.63 bits per heavy atom. The highest BCUT2D eigenvalue weighted by molar-refractivity contribution is 5.38. The molecule has 1 aliphatic carbocycles. The van der Waals surface area contributed by atoms with Gasteiger partial charge in [0.2, 0.25) is 0 Å². The molecular weight excluding hydrogens is 234 g/mol. The molecular formula is C16H27N3. The minimum absolute atomic E-state index is 0.366. The topological polar surface area (TPSA) is 28.2 Å². The molecule has 1 fully saturated rings. The molecule has 0 saturated heterocycles. The Kier molecular flexibility index (Phi) is 5.20. The van der Waals surface area contributed by atoms with Gasteiger partial charge in [-0.05, 0) is 44.4 Å². The van der Waals surface area contributed by atoms with Crippen LogP contribution in [-0.2, 0) is 0 Å². The van der Waals surface area contributed by atoms with Crippen LogP contribution in [0, 0.1) is 5.92 Å². The lowest BCUT2D eigenvalue weighted by atomic mass is 9.89. The zero-order valence-corrected chi connectivity index (χ0v) is 12.5. The van der Waals surface area contributed by atoms with E-state index in [2.05, 4.69) is 41.3 Å². The summed E-state index contributed by atoms with van der Waals surface area (Å²) in [6.45, 7) is 3.30. The molecule has 1 heterocycles. The van der Waals surface area contributed by atoms with Gasteiger partial charge in [0.25, 0.3) is 0 Å². The Morgan fingerprint density at radius 1 is 1.32 bits per heavy atom. The summed E-state index contributed by atoms with van der Waals surface area (Å²) in [6, 6.07) is 4.69. The second-order valence-corrected chi connectivity index (χ2v) is 5.84. The van der Waals surface area contributed by atoms with Crippen LogP contribution in [0.1, 0.15) is 50.6 Å². The van der Waals surface area contributed by atoms with E-state index in [1.54, 1.807) is 0 Å². The van der Waals surface area contributed by atoms with Crippen LogP contribution < -0.4 is 10.2 Å². The Morgan fingerprint density at radius 2 is 2.05 bits per heavy atom. The van der Waals surface area contributed by atoms with Gasteiger partial charge in [-0.15, -0.1) is 0 Å². The molecule has 0 aromatic carbocycles. The summed E-state index contributed by atoms with van der Waals surface area (Å²) in [4.78, 5) is 6.91. The lowest BCUT2D eigenvalue weighted by molar-refractivity contribution is 0.361. The van der Waals surface area contributed by atoms with E-state index in [-0.39, 0.29) is 0 Å². The Bertz CT molecular complexity index is 368. The molecule has 1 aromatic rings. The van der Waals surface area contributed by atoms with E-state index >= 15 is 0 Å². The highest BCUT2D eigenvalue weighted by Crippen LogP contribution is 2.25. The summed E-state index contributed by atoms with van der Waals surface area (Å²) < 4.78 is 0. The van der Waals surface area contributed by atoms with Crippen LogP contribution in [0.3, 0.4) is 0 Å². The van der Waals surface area contributed by atoms with E-state index in [0.717, 1.165) is 18.3 Å². The summed E-state index contributed by atoms with van der Waals surface area (Å²) in [5.74, 6) is 1.95. The molecule has 0 spiro atoms. The number of aromatic nitrogens is 1. The van der Waals surface area contributed by atoms with Gasteiger partial charge >= 0.3 is 0 Å². The number of anilines is 1. The van der Waals surface area contributed by atoms with Crippen LogP contribution in [-0.4, -0.2) is 25.6 Å². The minimum atomic E-state index is 0.366. The van der Waals surface area contributed by atoms with E-state index in [1.165, 1.54) is 37.7 Å². The number of rotatable bonds is 5. The van der Waals surface area contributed by atoms with Gasteiger partial charge in [0, 0.05) is 25.8 Å². The van der Waals surface area contributed by atoms with Crippen molar-refractivity contribution in [3.63, 3.8) is 0 Å². The Balaban J connectivity index is 1.93. The normalized spacial score (nSPS) is 18.3. The maximum absolute atomic E-state index is 4.60. The fourth-order valence-corrected chi connectivity index (χ4v) is 2.90. The lowest BCUT2D eigenvalue weighted by Gasteiger charge is -2.27. The average Bonchev–Trinajstić information content (AvgIpc) is 2.47. The van der Waals surface area contributed by atoms with Crippen molar-refractivity contribution in [3.05, 3.63) is 23.9 Å². The SMILES string of the molecule is CNC(C)c1ccc(N(C)CC2CCCCC2)nc1. The van der Waals surface area contributed by atoms with Gasteiger partial charge in [0.15, 0.2) is 0 Å². The van der Waals surface area contributed by atoms with Crippen LogP contribution in [0.5, 0.6) is 0 Å². The van der Waals surface area contributed by atoms with Gasteiger partial charge in [-0.25, -0.2) is 4.98 Å². The monoisotopic (exact) mass is 261 g/mol. The first-order chi connectivity index (χ1) is 9.20. The molecule has 3 nitrogen and oxygen atoms in total. The number of hydrogen-bond donors (Lipinski definition) is 1. The molecule has 1 saturated carbocycles. The Hall–Kier alpha value is -1.09. The zero-order valence-electron chi connectivity index (χ0n) is 12.5. The Labute approximate surface area is 117 Å². The van der Waals surface area contributed by atoms with Crippen molar-refractivity contribution in [2.45, 2.75) is 45.1 Å². The van der Waals surface area contributed by atoms with Crippen LogP contribution in [0.4, 0.5) is 5.82 Å². The maximum Gasteiger partial charge on any atom is 0.128 e. The van der Waals surface area contributed by atoms with E-state index in [9.17, 15) is 0 Å². The molecule has 2 rings (SSSR count). The minimum Gasteiger partial charge on any atom is -0.359 e. The maximum atomic E-state index is 4.60. The molecule has 1 aliphatic rings. The smallest absolute Gasteiger partial charge is 0.128 e. The van der Waals surface area contributed by atoms with Crippen molar-refractivity contribution in [2.75, 3.05) is 25.5 Å². The van der Waals surface area contributed by atoms with Crippen molar-refractivity contribution in [3.8, 4) is 0 Å². The summed E-state index contributed by atoms with van der Waals surface area (Å²) in [5, 5.41) is 3.24. The molecule has 1 atom stereocenters. The van der Waals surface area contributed by atoms with Gasteiger partial charge in [0.05, 0.1) is 0 Å². The molecule has 0 amide bonds. The third-order valence-electron chi connectivity index (χ3n) is 4.35. The van der Waals surface area contributed by atoms with Gasteiger partial charge in [0.1, 0.15) is 5.82 Å². The molecule has 0 bridgehead atoms. The van der Waals surface area contributed by atoms with Crippen molar-refractivity contribution in [1.29, 1.82) is 0 Å². The molecule has 0 radical (unpaired) electrons. The number of nitrogens with one attached hydrogen (secondary N) is 1. The van der Waals surface area contributed by atoms with Gasteiger partial charge < -0.3 is 10.2 Å². The van der Waals surface area contributed by atoms with E-state index in [1.807, 2.05) is 13.2 Å². The van der Waals surface area contributed by atoms with E-state index in [0.29, 0.717) is 6.04 Å². The summed E-state index contributed by atoms with van der Waals surface area (Å²) in [7, 11) is 4.14. The van der Waals surface area contributed by atoms with Crippen LogP contribution >= 0.6 is 0 Å². The highest BCUT2D eigenvalue weighted by Gasteiger charge is 2.16. The predicted molar refractivity (Wildman–Crippen MR) is 81.6 cm³/mol. The predicted octanol–water partition coefficient (Wildman–Crippen LogP) is 3.38. The van der Waals surface area contributed by atoms with E-state index < -0.39 is 0 Å². The third kappa shape index (κ3) is 3.93. The summed E-state index contributed by atoms with van der Waals surface area (Å²) >= 11 is 0. The van der Waals surface area contributed by atoms with Crippen molar-refractivity contribution < 1.29 is 0 Å². The molecule has 106 valence electrons. The molecule has 0 aliphatic heterocycles. The zero-order chi connectivity index (χ0) is 13.7. The van der Waals surface area contributed by atoms with Gasteiger partial charge in [-0.1, -0.05) is 25.3 Å². The van der Waals surface area contributed by atoms with Crippen molar-refractivity contribution >= 4 is 5.82 Å². The molecule has 3 heteroatoms. The van der Waals surface area contributed by atoms with Gasteiger partial charge in [-0.2, -0.15) is 0 Å². The highest BCUT2D eigenvalue weighted by atomic mass is 15.2.